The van der Waals surface area contributed by atoms with Gasteiger partial charge in [0.1, 0.15) is 11.6 Å². The molecule has 0 bridgehead atoms. The predicted molar refractivity (Wildman–Crippen MR) is 87.2 cm³/mol. The van der Waals surface area contributed by atoms with E-state index >= 15 is 0 Å². The van der Waals surface area contributed by atoms with E-state index in [1.165, 1.54) is 32.1 Å². The maximum absolute atomic E-state index is 4.59. The van der Waals surface area contributed by atoms with Crippen molar-refractivity contribution in [1.82, 2.24) is 4.98 Å². The first-order valence-corrected chi connectivity index (χ1v) is 8.22. The molecule has 1 aliphatic carbocycles. The highest BCUT2D eigenvalue weighted by Gasteiger charge is 2.18. The molecule has 1 fully saturated rings. The van der Waals surface area contributed by atoms with Crippen LogP contribution in [0.4, 0.5) is 11.6 Å². The van der Waals surface area contributed by atoms with Gasteiger partial charge in [0.05, 0.1) is 0 Å². The zero-order valence-electron chi connectivity index (χ0n) is 13.0. The minimum absolute atomic E-state index is 0.910. The summed E-state index contributed by atoms with van der Waals surface area (Å²) >= 11 is 0. The van der Waals surface area contributed by atoms with Gasteiger partial charge < -0.3 is 10.6 Å². The summed E-state index contributed by atoms with van der Waals surface area (Å²) in [7, 11) is 0. The Balaban J connectivity index is 1.73. The van der Waals surface area contributed by atoms with E-state index in [0.717, 1.165) is 43.0 Å². The zero-order chi connectivity index (χ0) is 14.2. The van der Waals surface area contributed by atoms with Gasteiger partial charge in [0.2, 0.25) is 0 Å². The summed E-state index contributed by atoms with van der Waals surface area (Å²) < 4.78 is 0. The highest BCUT2D eigenvalue weighted by molar-refractivity contribution is 5.44. The van der Waals surface area contributed by atoms with Crippen LogP contribution in [0, 0.1) is 11.8 Å². The molecule has 0 aromatic carbocycles. The van der Waals surface area contributed by atoms with Crippen molar-refractivity contribution in [3.05, 3.63) is 18.2 Å². The average Bonchev–Trinajstić information content (AvgIpc) is 2.46. The van der Waals surface area contributed by atoms with Crippen molar-refractivity contribution in [3.63, 3.8) is 0 Å². The van der Waals surface area contributed by atoms with Crippen LogP contribution in [0.2, 0.25) is 0 Å². The Kier molecular flexibility index (Phi) is 6.16. The number of nitrogens with zero attached hydrogens (tertiary/aromatic N) is 1. The third-order valence-corrected chi connectivity index (χ3v) is 4.21. The van der Waals surface area contributed by atoms with Gasteiger partial charge in [-0.25, -0.2) is 4.98 Å². The van der Waals surface area contributed by atoms with Crippen LogP contribution in [-0.2, 0) is 0 Å². The van der Waals surface area contributed by atoms with Gasteiger partial charge in [0, 0.05) is 13.1 Å². The standard InChI is InChI=1S/C17H29N3/c1-3-11-18-16-8-5-9-17(20-16)19-12-10-15-7-4-6-14(2)13-15/h5,8-9,14-15H,3-4,6-7,10-13H2,1-2H3,(H2,18,19,20). The molecule has 2 N–H and O–H groups in total. The summed E-state index contributed by atoms with van der Waals surface area (Å²) in [6, 6.07) is 6.15. The van der Waals surface area contributed by atoms with Gasteiger partial charge in [0.15, 0.2) is 0 Å². The second kappa shape index (κ2) is 8.13. The Morgan fingerprint density at radius 1 is 1.15 bits per heavy atom. The molecular formula is C17H29N3. The molecule has 0 spiro atoms. The highest BCUT2D eigenvalue weighted by Crippen LogP contribution is 2.30. The van der Waals surface area contributed by atoms with Gasteiger partial charge in [-0.1, -0.05) is 39.2 Å². The lowest BCUT2D eigenvalue weighted by Gasteiger charge is -2.26. The molecule has 1 heterocycles. The van der Waals surface area contributed by atoms with E-state index in [2.05, 4.69) is 41.6 Å². The molecule has 0 radical (unpaired) electrons. The van der Waals surface area contributed by atoms with Gasteiger partial charge in [-0.05, 0) is 43.2 Å². The van der Waals surface area contributed by atoms with Crippen LogP contribution in [0.15, 0.2) is 18.2 Å². The number of hydrogen-bond donors (Lipinski definition) is 2. The maximum atomic E-state index is 4.59. The van der Waals surface area contributed by atoms with Gasteiger partial charge in [-0.15, -0.1) is 0 Å². The molecule has 0 aliphatic heterocycles. The number of rotatable bonds is 7. The Labute approximate surface area is 123 Å². The molecular weight excluding hydrogens is 246 g/mol. The summed E-state index contributed by atoms with van der Waals surface area (Å²) in [5.74, 6) is 3.80. The van der Waals surface area contributed by atoms with Crippen LogP contribution in [0.1, 0.15) is 52.4 Å². The molecule has 1 aromatic rings. The highest BCUT2D eigenvalue weighted by atomic mass is 15.1. The third kappa shape index (κ3) is 5.03. The van der Waals surface area contributed by atoms with Crippen LogP contribution in [0.5, 0.6) is 0 Å². The van der Waals surface area contributed by atoms with Crippen molar-refractivity contribution in [2.45, 2.75) is 52.4 Å². The Hall–Kier alpha value is -1.25. The summed E-state index contributed by atoms with van der Waals surface area (Å²) in [5.41, 5.74) is 0. The van der Waals surface area contributed by atoms with Crippen molar-refractivity contribution >= 4 is 11.6 Å². The first-order chi connectivity index (χ1) is 9.78. The fourth-order valence-electron chi connectivity index (χ4n) is 3.11. The summed E-state index contributed by atoms with van der Waals surface area (Å²) in [6.45, 7) is 6.59. The number of pyridine rings is 1. The van der Waals surface area contributed by atoms with Crippen LogP contribution in [0.25, 0.3) is 0 Å². The molecule has 0 amide bonds. The largest absolute Gasteiger partial charge is 0.370 e. The Bertz CT molecular complexity index is 392. The lowest BCUT2D eigenvalue weighted by molar-refractivity contribution is 0.274. The number of hydrogen-bond acceptors (Lipinski definition) is 3. The number of aromatic nitrogens is 1. The van der Waals surface area contributed by atoms with E-state index in [0.29, 0.717) is 0 Å². The van der Waals surface area contributed by atoms with Crippen molar-refractivity contribution in [3.8, 4) is 0 Å². The average molecular weight is 275 g/mol. The molecule has 2 rings (SSSR count). The van der Waals surface area contributed by atoms with Crippen molar-refractivity contribution < 1.29 is 0 Å². The molecule has 2 atom stereocenters. The monoisotopic (exact) mass is 275 g/mol. The van der Waals surface area contributed by atoms with E-state index < -0.39 is 0 Å². The molecule has 1 saturated carbocycles. The summed E-state index contributed by atoms with van der Waals surface area (Å²) in [5, 5.41) is 6.80. The fourth-order valence-corrected chi connectivity index (χ4v) is 3.11. The Morgan fingerprint density at radius 3 is 2.60 bits per heavy atom. The van der Waals surface area contributed by atoms with Gasteiger partial charge >= 0.3 is 0 Å². The lowest BCUT2D eigenvalue weighted by Crippen LogP contribution is -2.17. The first-order valence-electron chi connectivity index (χ1n) is 8.22. The fraction of sp³-hybridized carbons (Fsp3) is 0.706. The Morgan fingerprint density at radius 2 is 1.90 bits per heavy atom. The summed E-state index contributed by atoms with van der Waals surface area (Å²) in [4.78, 5) is 4.59. The smallest absolute Gasteiger partial charge is 0.128 e. The molecule has 1 aliphatic rings. The van der Waals surface area contributed by atoms with Crippen LogP contribution in [-0.4, -0.2) is 18.1 Å². The molecule has 1 aromatic heterocycles. The quantitative estimate of drug-likeness (QED) is 0.767. The minimum atomic E-state index is 0.910. The van der Waals surface area contributed by atoms with Gasteiger partial charge in [-0.2, -0.15) is 0 Å². The molecule has 2 unspecified atom stereocenters. The topological polar surface area (TPSA) is 37.0 Å². The van der Waals surface area contributed by atoms with E-state index in [1.54, 1.807) is 0 Å². The van der Waals surface area contributed by atoms with E-state index in [9.17, 15) is 0 Å². The molecule has 112 valence electrons. The van der Waals surface area contributed by atoms with E-state index in [-0.39, 0.29) is 0 Å². The second-order valence-corrected chi connectivity index (χ2v) is 6.19. The SMILES string of the molecule is CCCNc1cccc(NCCC2CCCC(C)C2)n1. The van der Waals surface area contributed by atoms with Gasteiger partial charge in [0.25, 0.3) is 0 Å². The van der Waals surface area contributed by atoms with Crippen molar-refractivity contribution in [1.29, 1.82) is 0 Å². The maximum Gasteiger partial charge on any atom is 0.128 e. The lowest BCUT2D eigenvalue weighted by atomic mass is 9.81. The molecule has 0 saturated heterocycles. The van der Waals surface area contributed by atoms with Crippen LogP contribution >= 0.6 is 0 Å². The van der Waals surface area contributed by atoms with E-state index in [1.807, 2.05) is 6.07 Å². The van der Waals surface area contributed by atoms with Crippen LogP contribution in [0.3, 0.4) is 0 Å². The van der Waals surface area contributed by atoms with E-state index in [4.69, 9.17) is 0 Å². The first kappa shape index (κ1) is 15.1. The zero-order valence-corrected chi connectivity index (χ0v) is 13.0. The minimum Gasteiger partial charge on any atom is -0.370 e. The van der Waals surface area contributed by atoms with Crippen molar-refractivity contribution in [2.24, 2.45) is 11.8 Å². The number of nitrogens with one attached hydrogen (secondary N) is 2. The second-order valence-electron chi connectivity index (χ2n) is 6.19. The molecule has 3 nitrogen and oxygen atoms in total. The normalized spacial score (nSPS) is 22.5. The third-order valence-electron chi connectivity index (χ3n) is 4.21. The molecule has 20 heavy (non-hydrogen) atoms. The summed E-state index contributed by atoms with van der Waals surface area (Å²) in [6.07, 6.45) is 8.07. The number of anilines is 2. The van der Waals surface area contributed by atoms with Crippen LogP contribution < -0.4 is 10.6 Å². The van der Waals surface area contributed by atoms with Crippen molar-refractivity contribution in [2.75, 3.05) is 23.7 Å². The predicted octanol–water partition coefficient (Wildman–Crippen LogP) is 4.53. The van der Waals surface area contributed by atoms with Gasteiger partial charge in [-0.3, -0.25) is 0 Å². The molecule has 3 heteroatoms.